The van der Waals surface area contributed by atoms with Crippen LogP contribution in [0.4, 0.5) is 0 Å². The van der Waals surface area contributed by atoms with Gasteiger partial charge in [-0.25, -0.2) is 0 Å². The van der Waals surface area contributed by atoms with E-state index in [0.29, 0.717) is 5.41 Å². The molecule has 2 N–H and O–H groups in total. The maximum atomic E-state index is 6.37. The Kier molecular flexibility index (Phi) is 4.16. The van der Waals surface area contributed by atoms with Gasteiger partial charge in [-0.1, -0.05) is 46.0 Å². The first kappa shape index (κ1) is 14.8. The van der Waals surface area contributed by atoms with Crippen molar-refractivity contribution in [3.8, 4) is 0 Å². The molecule has 2 aliphatic carbocycles. The number of fused-ring (bicyclic) bond motifs is 1. The summed E-state index contributed by atoms with van der Waals surface area (Å²) in [6, 6.07) is 0. The topological polar surface area (TPSA) is 29.3 Å². The molecule has 2 saturated carbocycles. The van der Waals surface area contributed by atoms with Crippen LogP contribution < -0.4 is 5.73 Å². The van der Waals surface area contributed by atoms with Gasteiger partial charge >= 0.3 is 0 Å². The quantitative estimate of drug-likeness (QED) is 0.832. The van der Waals surface area contributed by atoms with Gasteiger partial charge in [-0.15, -0.1) is 0 Å². The van der Waals surface area contributed by atoms with E-state index in [2.05, 4.69) is 18.7 Å². The Morgan fingerprint density at radius 3 is 2.35 bits per heavy atom. The molecule has 2 heteroatoms. The van der Waals surface area contributed by atoms with Crippen LogP contribution >= 0.6 is 0 Å². The molecule has 3 aliphatic rings. The van der Waals surface area contributed by atoms with E-state index in [1.807, 2.05) is 0 Å². The summed E-state index contributed by atoms with van der Waals surface area (Å²) in [5.41, 5.74) is 7.05. The average Bonchev–Trinajstić information content (AvgIpc) is 2.47. The largest absolute Gasteiger partial charge is 0.329 e. The third-order valence-electron chi connectivity index (χ3n) is 7.14. The highest BCUT2D eigenvalue weighted by Gasteiger charge is 2.51. The summed E-state index contributed by atoms with van der Waals surface area (Å²) < 4.78 is 0. The van der Waals surface area contributed by atoms with Crippen LogP contribution in [-0.2, 0) is 0 Å². The summed E-state index contributed by atoms with van der Waals surface area (Å²) in [5, 5.41) is 0. The van der Waals surface area contributed by atoms with Gasteiger partial charge < -0.3 is 5.73 Å². The third kappa shape index (κ3) is 2.33. The van der Waals surface area contributed by atoms with Crippen molar-refractivity contribution >= 4 is 0 Å². The van der Waals surface area contributed by atoms with Crippen LogP contribution in [0, 0.1) is 17.3 Å². The lowest BCUT2D eigenvalue weighted by molar-refractivity contribution is -0.0787. The van der Waals surface area contributed by atoms with Gasteiger partial charge in [0, 0.05) is 18.6 Å². The molecule has 3 fully saturated rings. The molecule has 0 radical (unpaired) electrons. The molecule has 0 amide bonds. The van der Waals surface area contributed by atoms with Crippen molar-refractivity contribution < 1.29 is 0 Å². The lowest BCUT2D eigenvalue weighted by atomic mass is 9.61. The highest BCUT2D eigenvalue weighted by Crippen LogP contribution is 2.49. The molecule has 0 spiro atoms. The van der Waals surface area contributed by atoms with Crippen LogP contribution in [0.25, 0.3) is 0 Å². The Hall–Kier alpha value is -0.0800. The van der Waals surface area contributed by atoms with Gasteiger partial charge in [0.15, 0.2) is 0 Å². The fourth-order valence-electron chi connectivity index (χ4n) is 5.64. The molecular weight excluding hydrogens is 244 g/mol. The lowest BCUT2D eigenvalue weighted by Crippen LogP contribution is -2.66. The molecule has 1 saturated heterocycles. The summed E-state index contributed by atoms with van der Waals surface area (Å²) >= 11 is 0. The number of nitrogens with zero attached hydrogens (tertiary/aromatic N) is 1. The first-order valence-electron chi connectivity index (χ1n) is 9.04. The Bertz CT molecular complexity index is 338. The van der Waals surface area contributed by atoms with Crippen LogP contribution in [0.5, 0.6) is 0 Å². The smallest absolute Gasteiger partial charge is 0.0382 e. The molecule has 3 unspecified atom stereocenters. The first-order chi connectivity index (χ1) is 9.59. The van der Waals surface area contributed by atoms with Crippen molar-refractivity contribution in [2.24, 2.45) is 23.0 Å². The Balaban J connectivity index is 1.79. The van der Waals surface area contributed by atoms with Gasteiger partial charge in [0.25, 0.3) is 0 Å². The maximum absolute atomic E-state index is 6.37. The SMILES string of the molecule is CC1(C)CCCCC1(CN)N1CCC2CCCCC2C1. The zero-order valence-corrected chi connectivity index (χ0v) is 13.7. The minimum Gasteiger partial charge on any atom is -0.329 e. The minimum absolute atomic E-state index is 0.285. The highest BCUT2D eigenvalue weighted by atomic mass is 15.2. The number of rotatable bonds is 2. The minimum atomic E-state index is 0.285. The number of hydrogen-bond donors (Lipinski definition) is 1. The van der Waals surface area contributed by atoms with E-state index in [1.54, 1.807) is 0 Å². The molecule has 1 aliphatic heterocycles. The van der Waals surface area contributed by atoms with E-state index in [-0.39, 0.29) is 5.54 Å². The summed E-state index contributed by atoms with van der Waals surface area (Å²) in [6.45, 7) is 8.46. The Morgan fingerprint density at radius 2 is 1.65 bits per heavy atom. The van der Waals surface area contributed by atoms with E-state index in [0.717, 1.165) is 18.4 Å². The van der Waals surface area contributed by atoms with Gasteiger partial charge in [0.1, 0.15) is 0 Å². The molecule has 3 rings (SSSR count). The van der Waals surface area contributed by atoms with E-state index in [1.165, 1.54) is 70.9 Å². The van der Waals surface area contributed by atoms with Gasteiger partial charge in [0.2, 0.25) is 0 Å². The zero-order valence-electron chi connectivity index (χ0n) is 13.7. The number of likely N-dealkylation sites (tertiary alicyclic amines) is 1. The molecule has 0 aromatic carbocycles. The van der Waals surface area contributed by atoms with E-state index < -0.39 is 0 Å². The summed E-state index contributed by atoms with van der Waals surface area (Å²) in [4.78, 5) is 2.85. The van der Waals surface area contributed by atoms with Crippen molar-refractivity contribution in [3.63, 3.8) is 0 Å². The van der Waals surface area contributed by atoms with E-state index in [4.69, 9.17) is 5.73 Å². The standard InChI is InChI=1S/C18H34N2/c1-17(2)10-5-6-11-18(17,14-19)20-12-9-15-7-3-4-8-16(15)13-20/h15-16H,3-14,19H2,1-2H3. The van der Waals surface area contributed by atoms with Gasteiger partial charge in [-0.2, -0.15) is 0 Å². The first-order valence-corrected chi connectivity index (χ1v) is 9.04. The van der Waals surface area contributed by atoms with Crippen LogP contribution in [0.2, 0.25) is 0 Å². The van der Waals surface area contributed by atoms with Gasteiger partial charge in [-0.05, 0) is 49.5 Å². The second-order valence-electron chi connectivity index (χ2n) is 8.37. The van der Waals surface area contributed by atoms with Crippen LogP contribution in [0.15, 0.2) is 0 Å². The van der Waals surface area contributed by atoms with Crippen LogP contribution in [0.3, 0.4) is 0 Å². The van der Waals surface area contributed by atoms with Crippen molar-refractivity contribution in [3.05, 3.63) is 0 Å². The van der Waals surface area contributed by atoms with Crippen molar-refractivity contribution in [2.75, 3.05) is 19.6 Å². The second kappa shape index (κ2) is 5.61. The second-order valence-corrected chi connectivity index (χ2v) is 8.37. The van der Waals surface area contributed by atoms with Crippen molar-refractivity contribution in [1.29, 1.82) is 0 Å². The molecule has 116 valence electrons. The van der Waals surface area contributed by atoms with Gasteiger partial charge in [0.05, 0.1) is 0 Å². The predicted molar refractivity (Wildman–Crippen MR) is 85.7 cm³/mol. The predicted octanol–water partition coefficient (Wildman–Crippen LogP) is 3.80. The Morgan fingerprint density at radius 1 is 0.950 bits per heavy atom. The number of piperidine rings is 1. The fourth-order valence-corrected chi connectivity index (χ4v) is 5.64. The summed E-state index contributed by atoms with van der Waals surface area (Å²) in [6.07, 6.45) is 12.8. The molecule has 1 heterocycles. The summed E-state index contributed by atoms with van der Waals surface area (Å²) in [5.74, 6) is 2.00. The zero-order chi connectivity index (χ0) is 14.2. The fraction of sp³-hybridized carbons (Fsp3) is 1.00. The molecule has 2 nitrogen and oxygen atoms in total. The van der Waals surface area contributed by atoms with E-state index >= 15 is 0 Å². The number of nitrogens with two attached hydrogens (primary N) is 1. The third-order valence-corrected chi connectivity index (χ3v) is 7.14. The molecule has 0 bridgehead atoms. The average molecular weight is 278 g/mol. The van der Waals surface area contributed by atoms with Gasteiger partial charge in [-0.3, -0.25) is 4.90 Å². The maximum Gasteiger partial charge on any atom is 0.0382 e. The molecule has 3 atom stereocenters. The van der Waals surface area contributed by atoms with Crippen LogP contribution in [0.1, 0.15) is 71.6 Å². The van der Waals surface area contributed by atoms with Crippen molar-refractivity contribution in [1.82, 2.24) is 4.90 Å². The molecule has 0 aromatic heterocycles. The monoisotopic (exact) mass is 278 g/mol. The highest BCUT2D eigenvalue weighted by molar-refractivity contribution is 5.06. The summed E-state index contributed by atoms with van der Waals surface area (Å²) in [7, 11) is 0. The Labute approximate surface area is 125 Å². The molecular formula is C18H34N2. The molecule has 0 aromatic rings. The number of hydrogen-bond acceptors (Lipinski definition) is 2. The van der Waals surface area contributed by atoms with Crippen molar-refractivity contribution in [2.45, 2.75) is 77.2 Å². The van der Waals surface area contributed by atoms with E-state index in [9.17, 15) is 0 Å². The lowest BCUT2D eigenvalue weighted by Gasteiger charge is -2.59. The van der Waals surface area contributed by atoms with Crippen LogP contribution in [-0.4, -0.2) is 30.1 Å². The normalized spacial score (nSPS) is 42.1. The molecule has 20 heavy (non-hydrogen) atoms.